The predicted molar refractivity (Wildman–Crippen MR) is 488 cm³/mol. The van der Waals surface area contributed by atoms with Gasteiger partial charge in [-0.2, -0.15) is 0 Å². The van der Waals surface area contributed by atoms with Crippen LogP contribution >= 0.6 is 0 Å². The Labute approximate surface area is 754 Å². The Morgan fingerprint density at radius 2 is 0.786 bits per heavy atom. The lowest BCUT2D eigenvalue weighted by molar-refractivity contribution is -0.171. The average molecular weight is 1730 g/mol. The van der Waals surface area contributed by atoms with Crippen molar-refractivity contribution in [3.8, 4) is 0 Å². The summed E-state index contributed by atoms with van der Waals surface area (Å²) in [5.74, 6) is 21.8. The number of fused-ring (bicyclic) bond motifs is 41. The molecule has 0 N–H and O–H groups in total. The lowest BCUT2D eigenvalue weighted by Crippen LogP contribution is -2.51. The number of carbonyl (C=O) groups is 7. The molecular weight excluding hydrogens is 1580 g/mol. The molecule has 0 amide bonds. The van der Waals surface area contributed by atoms with Gasteiger partial charge in [0.2, 0.25) is 0 Å². The molecule has 22 aliphatic rings. The second kappa shape index (κ2) is 34.5. The van der Waals surface area contributed by atoms with Crippen LogP contribution in [-0.2, 0) is 76.2 Å². The standard InChI is InChI=1S/C20H28O2.C18H26O2.C17H22O2.C15H22O2.2C14H20O3.C12H16O2/c1-4-20(22-19(21)10(2)3)9-11-7-16(20)18-15-8-14(17(11)18)12-5-6-13(12)15;1-4-18(20-17(19)10(2)3)9-13-8-14(18)16-12-6-5-11(7-12)15(13)16;1-9(2)16(18)19-17(3)8-12-7-13(17)15-11-5-4-10(6-11)14(12)15;1-4-15(17-14(16)9(2)3)8-10-7-13(15)12-6-5-11(10)12;1-10(2)12(15)17-13(3)7-11-5-6-14(13,8-11)9-16-4;1-9(2)13(15)17-14(3)7-10-5-6-12(14)11(10)8-16-4;1-8(2)11(13)14-12(3)7-9-4-5-10(12)6-9/h11-18H,2,4-9H2,1,3H3;11-16H,2,4-9H2,1,3H3;4-5,10-15H,1,6-8H2,2-3H3;10-13H,2,4-8H2,1,3H3;5-6,11H,1,7-9H2,2-4H3;5-6,10-12H,1,7-8H2,2-4H3;4-5,9-10H,1,6-7H2,2-3H3. The summed E-state index contributed by atoms with van der Waals surface area (Å²) in [4.78, 5) is 82.8. The van der Waals surface area contributed by atoms with Crippen LogP contribution in [0.2, 0.25) is 0 Å². The summed E-state index contributed by atoms with van der Waals surface area (Å²) < 4.78 is 51.2. The van der Waals surface area contributed by atoms with Crippen LogP contribution in [-0.4, -0.2) is 108 Å². The summed E-state index contributed by atoms with van der Waals surface area (Å²) in [7, 11) is 3.41. The number of rotatable bonds is 21. The van der Waals surface area contributed by atoms with E-state index < -0.39 is 11.2 Å². The molecule has 16 nitrogen and oxygen atoms in total. The summed E-state index contributed by atoms with van der Waals surface area (Å²) in [5, 5.41) is 0. The topological polar surface area (TPSA) is 203 Å². The quantitative estimate of drug-likeness (QED) is 0.0345. The van der Waals surface area contributed by atoms with E-state index in [1.165, 1.54) is 83.5 Å². The molecule has 16 heteroatoms. The first-order chi connectivity index (χ1) is 59.6. The molecule has 22 aliphatic carbocycles. The second-order valence-corrected chi connectivity index (χ2v) is 46.2. The molecule has 0 radical (unpaired) electrons. The molecule has 0 saturated heterocycles. The van der Waals surface area contributed by atoms with E-state index in [2.05, 4.69) is 122 Å². The SMILES string of the molecule is C=C(C)C(=O)OC1(C)CC2C=CC1(COC)C2.C=C(C)C(=O)OC1(C)CC2C=CC1C2.C=C(C)C(=O)OC1(C)CC2C=CC1C2COC.C=C(C)C(=O)OC1(C)CC2CC1C1C3C=CC(C3)C21.C=C(C)C(=O)OC1(CC)CC2CC1C1C3CC(C4CCC43)C21.C=C(C)C(=O)OC1(CC)CC2CC1C1C3CCC(C3)C21.C=C(C)C(=O)OC1(CC)CC2CC1C1CCC21. The van der Waals surface area contributed by atoms with Gasteiger partial charge in [0.25, 0.3) is 0 Å². The number of allylic oxidation sites excluding steroid dienone is 5. The van der Waals surface area contributed by atoms with Crippen LogP contribution in [0.4, 0.5) is 0 Å². The van der Waals surface area contributed by atoms with Gasteiger partial charge in [-0.05, 0) is 379 Å². The largest absolute Gasteiger partial charge is 0.456 e. The summed E-state index contributed by atoms with van der Waals surface area (Å²) in [6, 6.07) is 0. The maximum atomic E-state index is 12.2. The monoisotopic (exact) mass is 1730 g/mol. The highest BCUT2D eigenvalue weighted by atomic mass is 16.6. The fourth-order valence-corrected chi connectivity index (χ4v) is 33.5. The highest BCUT2D eigenvalue weighted by Crippen LogP contribution is 2.77. The third kappa shape index (κ3) is 15.8. The van der Waals surface area contributed by atoms with Crippen LogP contribution in [0.1, 0.15) is 257 Å². The van der Waals surface area contributed by atoms with Gasteiger partial charge in [-0.1, -0.05) is 115 Å². The summed E-state index contributed by atoms with van der Waals surface area (Å²) in [6.07, 6.45) is 48.5. The summed E-state index contributed by atoms with van der Waals surface area (Å²) >= 11 is 0. The minimum absolute atomic E-state index is 0.151. The number of esters is 7. The molecule has 0 aromatic rings. The van der Waals surface area contributed by atoms with E-state index in [0.717, 1.165) is 202 Å². The van der Waals surface area contributed by atoms with Crippen molar-refractivity contribution in [3.63, 3.8) is 0 Å². The molecule has 38 unspecified atom stereocenters. The Kier molecular flexibility index (Phi) is 25.4. The second-order valence-electron chi connectivity index (χ2n) is 46.2. The number of ether oxygens (including phenoxy) is 9. The van der Waals surface area contributed by atoms with Gasteiger partial charge in [0.15, 0.2) is 0 Å². The van der Waals surface area contributed by atoms with E-state index in [4.69, 9.17) is 42.6 Å². The lowest BCUT2D eigenvalue weighted by Gasteiger charge is -2.52. The first-order valence-electron chi connectivity index (χ1n) is 49.5. The first kappa shape index (κ1) is 92.6. The first-order valence-corrected chi connectivity index (χ1v) is 49.5. The van der Waals surface area contributed by atoms with E-state index in [1.54, 1.807) is 62.7 Å². The maximum Gasteiger partial charge on any atom is 0.333 e. The number of carbonyl (C=O) groups excluding carboxylic acids is 7. The molecule has 20 bridgehead atoms. The molecule has 0 spiro atoms. The van der Waals surface area contributed by atoms with Crippen LogP contribution in [0.3, 0.4) is 0 Å². The molecule has 18 fully saturated rings. The van der Waals surface area contributed by atoms with Crippen molar-refractivity contribution in [1.29, 1.82) is 0 Å². The Hall–Kier alpha value is -6.65. The highest BCUT2D eigenvalue weighted by molar-refractivity contribution is 5.90. The van der Waals surface area contributed by atoms with Crippen LogP contribution < -0.4 is 0 Å². The van der Waals surface area contributed by atoms with Gasteiger partial charge >= 0.3 is 41.8 Å². The minimum Gasteiger partial charge on any atom is -0.456 e. The van der Waals surface area contributed by atoms with E-state index in [1.807, 2.05) is 20.8 Å². The van der Waals surface area contributed by atoms with E-state index in [-0.39, 0.29) is 81.1 Å². The number of methoxy groups -OCH3 is 2. The Balaban J connectivity index is 0.000000109. The van der Waals surface area contributed by atoms with Gasteiger partial charge < -0.3 is 42.6 Å². The van der Waals surface area contributed by atoms with Gasteiger partial charge in [-0.3, -0.25) is 0 Å². The number of hydrogen-bond donors (Lipinski definition) is 0. The summed E-state index contributed by atoms with van der Waals surface area (Å²) in [6.45, 7) is 54.0. The van der Waals surface area contributed by atoms with Crippen LogP contribution in [0.15, 0.2) is 134 Å². The Morgan fingerprint density at radius 1 is 0.325 bits per heavy atom. The van der Waals surface area contributed by atoms with Gasteiger partial charge in [-0.15, -0.1) is 0 Å². The molecule has 0 aromatic heterocycles. The normalized spacial score (nSPS) is 46.8. The van der Waals surface area contributed by atoms with Crippen molar-refractivity contribution in [2.75, 3.05) is 27.4 Å². The van der Waals surface area contributed by atoms with Crippen LogP contribution in [0.25, 0.3) is 0 Å². The van der Waals surface area contributed by atoms with Gasteiger partial charge in [-0.25, -0.2) is 33.6 Å². The zero-order chi connectivity index (χ0) is 90.5. The molecule has 22 rings (SSSR count). The zero-order valence-electron chi connectivity index (χ0n) is 79.5. The maximum absolute atomic E-state index is 12.2. The van der Waals surface area contributed by atoms with Gasteiger partial charge in [0, 0.05) is 88.7 Å². The van der Waals surface area contributed by atoms with Crippen LogP contribution in [0, 0.1) is 183 Å². The van der Waals surface area contributed by atoms with E-state index in [9.17, 15) is 33.6 Å². The van der Waals surface area contributed by atoms with Crippen molar-refractivity contribution < 1.29 is 76.2 Å². The minimum atomic E-state index is -0.460. The predicted octanol–water partition coefficient (Wildman–Crippen LogP) is 22.1. The van der Waals surface area contributed by atoms with E-state index >= 15 is 0 Å². The van der Waals surface area contributed by atoms with Crippen molar-refractivity contribution in [3.05, 3.63) is 134 Å². The van der Waals surface area contributed by atoms with Gasteiger partial charge in [0.1, 0.15) is 39.2 Å². The number of hydrogen-bond acceptors (Lipinski definition) is 16. The van der Waals surface area contributed by atoms with Crippen molar-refractivity contribution >= 4 is 41.8 Å². The lowest BCUT2D eigenvalue weighted by atomic mass is 9.54. The molecule has 0 aliphatic heterocycles. The molecule has 126 heavy (non-hydrogen) atoms. The van der Waals surface area contributed by atoms with Crippen molar-refractivity contribution in [2.24, 2.45) is 183 Å². The summed E-state index contributed by atoms with van der Waals surface area (Å²) in [5.41, 5.74) is 1.55. The molecule has 38 atom stereocenters. The smallest absolute Gasteiger partial charge is 0.333 e. The molecule has 690 valence electrons. The Bertz CT molecular complexity index is 4510. The van der Waals surface area contributed by atoms with Gasteiger partial charge in [0.05, 0.1) is 18.6 Å². The zero-order valence-corrected chi connectivity index (χ0v) is 79.5. The molecule has 18 saturated carbocycles. The Morgan fingerprint density at radius 3 is 1.29 bits per heavy atom. The van der Waals surface area contributed by atoms with Crippen molar-refractivity contribution in [1.82, 2.24) is 0 Å². The fraction of sp³-hybridized carbons (Fsp3) is 0.736. The van der Waals surface area contributed by atoms with Crippen LogP contribution in [0.5, 0.6) is 0 Å². The van der Waals surface area contributed by atoms with Crippen molar-refractivity contribution in [2.45, 2.75) is 297 Å². The molecule has 0 heterocycles. The molecule has 0 aromatic carbocycles. The third-order valence-corrected chi connectivity index (χ3v) is 38.9. The fourth-order valence-electron chi connectivity index (χ4n) is 33.5. The third-order valence-electron chi connectivity index (χ3n) is 38.9. The highest BCUT2D eigenvalue weighted by Gasteiger charge is 2.74. The average Bonchev–Trinajstić information content (AvgIpc) is 1.50. The van der Waals surface area contributed by atoms with E-state index in [0.29, 0.717) is 98.9 Å². The molecular formula is C110H154O16.